The molecule has 0 radical (unpaired) electrons. The molecular weight excluding hydrogens is 527 g/mol. The molecule has 1 aliphatic carbocycles. The summed E-state index contributed by atoms with van der Waals surface area (Å²) < 4.78 is 46.3. The third kappa shape index (κ3) is 9.25. The van der Waals surface area contributed by atoms with Crippen LogP contribution in [-0.4, -0.2) is 66.0 Å². The number of likely N-dealkylation sites (tertiary alicyclic amines) is 1. The molecule has 1 aromatic carbocycles. The highest BCUT2D eigenvalue weighted by atomic mass is 19.4. The van der Waals surface area contributed by atoms with Gasteiger partial charge < -0.3 is 31.3 Å². The molecule has 40 heavy (non-hydrogen) atoms. The Morgan fingerprint density at radius 1 is 1.07 bits per heavy atom. The van der Waals surface area contributed by atoms with Gasteiger partial charge in [0.1, 0.15) is 17.1 Å². The molecule has 2 fully saturated rings. The molecule has 0 spiro atoms. The predicted octanol–water partition coefficient (Wildman–Crippen LogP) is 4.31. The van der Waals surface area contributed by atoms with Crippen molar-refractivity contribution in [2.75, 3.05) is 37.9 Å². The van der Waals surface area contributed by atoms with Crippen LogP contribution in [0.15, 0.2) is 24.4 Å². The summed E-state index contributed by atoms with van der Waals surface area (Å²) >= 11 is 0. The van der Waals surface area contributed by atoms with Gasteiger partial charge in [-0.1, -0.05) is 19.3 Å². The maximum absolute atomic E-state index is 13.6. The first-order valence-electron chi connectivity index (χ1n) is 13.4. The standard InChI is InChI=1S/C25H33F3N6O2.C2H5NO/c1-34-12-10-18(11-13-34)31-23(35)16-8-9-21(36-2)20(14-16)32-24-29-15-19(25(26,27)28)22(33-24)30-17-6-4-3-5-7-17;1-2(3)4/h8-9,14-15,17-18H,3-7,10-13H2,1-2H3,(H,31,35)(H2,29,30,32,33);1H3,(H2,3,4). The minimum Gasteiger partial charge on any atom is -0.495 e. The third-order valence-corrected chi connectivity index (χ3v) is 6.80. The molecule has 5 N–H and O–H groups in total. The van der Waals surface area contributed by atoms with E-state index in [4.69, 9.17) is 4.74 Å². The molecule has 2 heterocycles. The number of aromatic nitrogens is 2. The molecule has 10 nitrogen and oxygen atoms in total. The third-order valence-electron chi connectivity index (χ3n) is 6.80. The maximum Gasteiger partial charge on any atom is 0.421 e. The number of hydrogen-bond acceptors (Lipinski definition) is 8. The number of primary amides is 1. The van der Waals surface area contributed by atoms with Crippen molar-refractivity contribution < 1.29 is 27.5 Å². The minimum absolute atomic E-state index is 0.0208. The topological polar surface area (TPSA) is 134 Å². The number of rotatable bonds is 7. The minimum atomic E-state index is -4.58. The lowest BCUT2D eigenvalue weighted by Crippen LogP contribution is -2.43. The van der Waals surface area contributed by atoms with E-state index in [0.29, 0.717) is 17.0 Å². The van der Waals surface area contributed by atoms with Gasteiger partial charge in [0.15, 0.2) is 0 Å². The van der Waals surface area contributed by atoms with E-state index in [9.17, 15) is 22.8 Å². The van der Waals surface area contributed by atoms with Gasteiger partial charge in [-0.15, -0.1) is 0 Å². The van der Waals surface area contributed by atoms with Gasteiger partial charge in [0.05, 0.1) is 12.8 Å². The highest BCUT2D eigenvalue weighted by molar-refractivity contribution is 5.96. The number of halogens is 3. The molecule has 1 saturated heterocycles. The smallest absolute Gasteiger partial charge is 0.421 e. The quantitative estimate of drug-likeness (QED) is 0.390. The number of benzene rings is 1. The molecule has 0 bridgehead atoms. The second kappa shape index (κ2) is 14.1. The molecule has 1 aliphatic heterocycles. The summed E-state index contributed by atoms with van der Waals surface area (Å²) in [7, 11) is 3.53. The van der Waals surface area contributed by atoms with Gasteiger partial charge in [0, 0.05) is 30.8 Å². The summed E-state index contributed by atoms with van der Waals surface area (Å²) in [4.78, 5) is 32.4. The van der Waals surface area contributed by atoms with Crippen molar-refractivity contribution in [3.8, 4) is 5.75 Å². The van der Waals surface area contributed by atoms with Crippen molar-refractivity contribution in [2.45, 2.75) is 70.1 Å². The van der Waals surface area contributed by atoms with Crippen molar-refractivity contribution in [3.05, 3.63) is 35.5 Å². The first kappa shape index (κ1) is 30.9. The van der Waals surface area contributed by atoms with Gasteiger partial charge >= 0.3 is 6.18 Å². The summed E-state index contributed by atoms with van der Waals surface area (Å²) in [6.45, 7) is 3.14. The van der Waals surface area contributed by atoms with Crippen LogP contribution >= 0.6 is 0 Å². The second-order valence-corrected chi connectivity index (χ2v) is 10.1. The number of nitrogens with two attached hydrogens (primary N) is 1. The highest BCUT2D eigenvalue weighted by Crippen LogP contribution is 2.36. The van der Waals surface area contributed by atoms with Gasteiger partial charge in [0.25, 0.3) is 5.91 Å². The Balaban J connectivity index is 0.00000103. The van der Waals surface area contributed by atoms with Crippen LogP contribution in [0.2, 0.25) is 0 Å². The second-order valence-electron chi connectivity index (χ2n) is 10.1. The monoisotopic (exact) mass is 565 g/mol. The van der Waals surface area contributed by atoms with E-state index in [1.807, 2.05) is 0 Å². The molecule has 0 unspecified atom stereocenters. The Morgan fingerprint density at radius 3 is 2.33 bits per heavy atom. The maximum atomic E-state index is 13.6. The van der Waals surface area contributed by atoms with E-state index in [2.05, 4.69) is 43.6 Å². The summed E-state index contributed by atoms with van der Waals surface area (Å²) in [5.41, 5.74) is 4.36. The molecule has 0 atom stereocenters. The van der Waals surface area contributed by atoms with E-state index in [-0.39, 0.29) is 35.7 Å². The molecule has 2 aromatic rings. The summed E-state index contributed by atoms with van der Waals surface area (Å²) in [6, 6.07) is 4.91. The number of ether oxygens (including phenoxy) is 1. The molecule has 220 valence electrons. The molecular formula is C27H38F3N7O3. The molecule has 4 rings (SSSR count). The molecule has 13 heteroatoms. The van der Waals surface area contributed by atoms with E-state index in [0.717, 1.165) is 64.2 Å². The lowest BCUT2D eigenvalue weighted by molar-refractivity contribution is -0.137. The number of methoxy groups -OCH3 is 1. The summed E-state index contributed by atoms with van der Waals surface area (Å²) in [5, 5.41) is 8.98. The Labute approximate surface area is 232 Å². The molecule has 2 aliphatic rings. The van der Waals surface area contributed by atoms with Crippen molar-refractivity contribution in [1.29, 1.82) is 0 Å². The number of carbonyl (C=O) groups excluding carboxylic acids is 2. The predicted molar refractivity (Wildman–Crippen MR) is 147 cm³/mol. The normalized spacial score (nSPS) is 16.9. The van der Waals surface area contributed by atoms with Crippen LogP contribution in [0.5, 0.6) is 5.75 Å². The summed E-state index contributed by atoms with van der Waals surface area (Å²) in [5.74, 6) is -0.408. The number of nitrogens with zero attached hydrogens (tertiary/aromatic N) is 3. The molecule has 1 aromatic heterocycles. The fourth-order valence-electron chi connectivity index (χ4n) is 4.69. The summed E-state index contributed by atoms with van der Waals surface area (Å²) in [6.07, 6.45) is 2.57. The SMILES string of the molecule is CC(N)=O.COc1ccc(C(=O)NC2CCN(C)CC2)cc1Nc1ncc(C(F)(F)F)c(NC2CCCCC2)n1. The molecule has 1 saturated carbocycles. The number of amides is 2. The zero-order valence-electron chi connectivity index (χ0n) is 23.1. The van der Waals surface area contributed by atoms with Gasteiger partial charge in [-0.05, 0) is 64.0 Å². The highest BCUT2D eigenvalue weighted by Gasteiger charge is 2.36. The Kier molecular flexibility index (Phi) is 10.9. The number of alkyl halides is 3. The van der Waals surface area contributed by atoms with Gasteiger partial charge in [-0.25, -0.2) is 4.98 Å². The van der Waals surface area contributed by atoms with Gasteiger partial charge in [-0.2, -0.15) is 18.2 Å². The van der Waals surface area contributed by atoms with Crippen molar-refractivity contribution in [3.63, 3.8) is 0 Å². The number of nitrogens with one attached hydrogen (secondary N) is 3. The van der Waals surface area contributed by atoms with Crippen LogP contribution in [0.3, 0.4) is 0 Å². The van der Waals surface area contributed by atoms with E-state index < -0.39 is 11.7 Å². The van der Waals surface area contributed by atoms with Crippen LogP contribution in [0, 0.1) is 0 Å². The van der Waals surface area contributed by atoms with E-state index >= 15 is 0 Å². The van der Waals surface area contributed by atoms with Crippen LogP contribution in [0.1, 0.15) is 67.8 Å². The van der Waals surface area contributed by atoms with Crippen LogP contribution in [-0.2, 0) is 11.0 Å². The lowest BCUT2D eigenvalue weighted by Gasteiger charge is -2.29. The van der Waals surface area contributed by atoms with E-state index in [1.54, 1.807) is 18.2 Å². The number of carbonyl (C=O) groups is 2. The number of hydrogen-bond donors (Lipinski definition) is 4. The Hall–Kier alpha value is -3.61. The van der Waals surface area contributed by atoms with Gasteiger partial charge in [-0.3, -0.25) is 9.59 Å². The van der Waals surface area contributed by atoms with Crippen LogP contribution in [0.25, 0.3) is 0 Å². The van der Waals surface area contributed by atoms with E-state index in [1.165, 1.54) is 14.0 Å². The number of anilines is 3. The zero-order valence-corrected chi connectivity index (χ0v) is 23.1. The van der Waals surface area contributed by atoms with Crippen LogP contribution in [0.4, 0.5) is 30.6 Å². The first-order chi connectivity index (χ1) is 19.0. The lowest BCUT2D eigenvalue weighted by atomic mass is 9.95. The number of piperidine rings is 1. The average molecular weight is 566 g/mol. The molecule has 2 amide bonds. The van der Waals surface area contributed by atoms with Crippen molar-refractivity contribution in [2.24, 2.45) is 5.73 Å². The van der Waals surface area contributed by atoms with Crippen molar-refractivity contribution >= 4 is 29.3 Å². The van der Waals surface area contributed by atoms with Crippen LogP contribution < -0.4 is 26.4 Å². The first-order valence-corrected chi connectivity index (χ1v) is 13.4. The Morgan fingerprint density at radius 2 is 1.73 bits per heavy atom. The zero-order chi connectivity index (χ0) is 29.3. The fraction of sp³-hybridized carbons (Fsp3) is 0.556. The Bertz CT molecular complexity index is 1140. The average Bonchev–Trinajstić information content (AvgIpc) is 2.89. The van der Waals surface area contributed by atoms with Crippen molar-refractivity contribution in [1.82, 2.24) is 20.2 Å². The largest absolute Gasteiger partial charge is 0.495 e. The fourth-order valence-corrected chi connectivity index (χ4v) is 4.69. The van der Waals surface area contributed by atoms with Gasteiger partial charge in [0.2, 0.25) is 11.9 Å².